The number of hydrogen-bond donors (Lipinski definition) is 1. The molecule has 2 atom stereocenters. The minimum atomic E-state index is -4.95. The van der Waals surface area contributed by atoms with Crippen LogP contribution in [0.15, 0.2) is 40.2 Å². The Morgan fingerprint density at radius 3 is 2.79 bits per heavy atom. The normalized spacial score (nSPS) is 26.5. The number of nitrogens with one attached hydrogen (secondary N) is 1. The van der Waals surface area contributed by atoms with Crippen LogP contribution in [0.2, 0.25) is 0 Å². The molecule has 0 bridgehead atoms. The monoisotopic (exact) mass is 423 g/mol. The molecule has 3 aliphatic heterocycles. The summed E-state index contributed by atoms with van der Waals surface area (Å²) in [4.78, 5) is 30.2. The largest absolute Gasteiger partial charge is 0.790 e. The van der Waals surface area contributed by atoms with Gasteiger partial charge in [-0.05, 0) is 24.0 Å². The summed E-state index contributed by atoms with van der Waals surface area (Å²) in [6.07, 6.45) is 2.27. The summed E-state index contributed by atoms with van der Waals surface area (Å²) >= 11 is 1.82. The van der Waals surface area contributed by atoms with Crippen molar-refractivity contribution >= 4 is 36.8 Å². The summed E-state index contributed by atoms with van der Waals surface area (Å²) in [5.41, 5.74) is 1.97. The first-order chi connectivity index (χ1) is 13.2. The number of allylic oxidation sites excluding steroid dienone is 1. The fourth-order valence-corrected chi connectivity index (χ4v) is 5.40. The Morgan fingerprint density at radius 1 is 1.36 bits per heavy atom. The molecule has 1 aromatic carbocycles. The average molecular weight is 423 g/mol. The van der Waals surface area contributed by atoms with Gasteiger partial charge < -0.3 is 33.6 Å². The van der Waals surface area contributed by atoms with Gasteiger partial charge >= 0.3 is 0 Å². The van der Waals surface area contributed by atoms with Gasteiger partial charge in [-0.2, -0.15) is 0 Å². The molecule has 1 N–H and O–H groups in total. The number of likely N-dealkylation sites (N-methyl/N-ethyl adjacent to an activating group) is 1. The predicted molar refractivity (Wildman–Crippen MR) is 107 cm³/mol. The standard InChI is InChI=1S/C18H25N4O4PS/c1-13-11-14-17(19-15-5-3-4-6-16(15)20-18(14)28-13)21-7-9-22(2,10-8-21)12-26-27(23,24)25/h3-6,11,14,18,20H,7-10,12H2,1-2H3,(H-,23,24,25)/p-1. The second-order valence-corrected chi connectivity index (χ2v) is 10.3. The van der Waals surface area contributed by atoms with E-state index in [2.05, 4.69) is 33.8 Å². The van der Waals surface area contributed by atoms with Gasteiger partial charge in [-0.25, -0.2) is 4.99 Å². The Kier molecular flexibility index (Phi) is 5.33. The van der Waals surface area contributed by atoms with E-state index in [1.54, 1.807) is 0 Å². The number of fused-ring (bicyclic) bond motifs is 2. The van der Waals surface area contributed by atoms with E-state index in [0.29, 0.717) is 17.6 Å². The lowest BCUT2D eigenvalue weighted by Gasteiger charge is -2.44. The minimum Gasteiger partial charge on any atom is -0.790 e. The minimum absolute atomic E-state index is 0.115. The molecule has 1 fully saturated rings. The maximum atomic E-state index is 10.8. The second-order valence-electron chi connectivity index (χ2n) is 7.73. The molecule has 0 spiro atoms. The number of aliphatic imine (C=N–C) groups is 1. The number of amidine groups is 1. The van der Waals surface area contributed by atoms with Gasteiger partial charge in [0.15, 0.2) is 6.73 Å². The molecule has 0 saturated carbocycles. The lowest BCUT2D eigenvalue weighted by Crippen LogP contribution is -2.60. The van der Waals surface area contributed by atoms with Crippen LogP contribution in [0.25, 0.3) is 0 Å². The number of quaternary nitrogens is 1. The molecule has 4 rings (SSSR count). The predicted octanol–water partition coefficient (Wildman–Crippen LogP) is 1.30. The van der Waals surface area contributed by atoms with Crippen LogP contribution in [-0.4, -0.2) is 60.5 Å². The highest BCUT2D eigenvalue weighted by Gasteiger charge is 2.39. The van der Waals surface area contributed by atoms with Crippen molar-refractivity contribution in [1.29, 1.82) is 0 Å². The van der Waals surface area contributed by atoms with Crippen molar-refractivity contribution in [2.75, 3.05) is 45.3 Å². The number of para-hydroxylation sites is 2. The lowest BCUT2D eigenvalue weighted by molar-refractivity contribution is -0.928. The molecule has 2 unspecified atom stereocenters. The van der Waals surface area contributed by atoms with Crippen LogP contribution >= 0.6 is 19.6 Å². The number of thioether (sulfide) groups is 1. The van der Waals surface area contributed by atoms with Crippen LogP contribution in [-0.2, 0) is 9.09 Å². The fraction of sp³-hybridized carbons (Fsp3) is 0.500. The summed E-state index contributed by atoms with van der Waals surface area (Å²) in [7, 11) is -3.04. The van der Waals surface area contributed by atoms with E-state index in [1.807, 2.05) is 37.0 Å². The van der Waals surface area contributed by atoms with Crippen molar-refractivity contribution < 1.29 is 23.4 Å². The Hall–Kier alpha value is -1.35. The molecule has 3 heterocycles. The van der Waals surface area contributed by atoms with Gasteiger partial charge in [-0.3, -0.25) is 0 Å². The highest BCUT2D eigenvalue weighted by molar-refractivity contribution is 8.04. The van der Waals surface area contributed by atoms with Crippen molar-refractivity contribution in [2.24, 2.45) is 10.9 Å². The summed E-state index contributed by atoms with van der Waals surface area (Å²) < 4.78 is 15.8. The zero-order chi connectivity index (χ0) is 19.9. The summed E-state index contributed by atoms with van der Waals surface area (Å²) in [5, 5.41) is 3.83. The number of nitrogens with zero attached hydrogens (tertiary/aromatic N) is 3. The molecular formula is C18H24N4O4PS-. The molecule has 0 amide bonds. The SMILES string of the molecule is CC1=CC2C(N3CC[N+](C)(COP(=O)([O-])[O-])CC3)=Nc3ccccc3NC2S1. The number of rotatable bonds is 3. The first-order valence-corrected chi connectivity index (χ1v) is 11.6. The number of phosphoric acid groups is 1. The van der Waals surface area contributed by atoms with E-state index < -0.39 is 7.82 Å². The molecule has 1 saturated heterocycles. The topological polar surface area (TPSA) is 100 Å². The maximum Gasteiger partial charge on any atom is 0.187 e. The summed E-state index contributed by atoms with van der Waals surface area (Å²) in [6, 6.07) is 8.07. The first-order valence-electron chi connectivity index (χ1n) is 9.27. The molecule has 3 aliphatic rings. The number of benzene rings is 1. The van der Waals surface area contributed by atoms with E-state index >= 15 is 0 Å². The third kappa shape index (κ3) is 4.30. The molecular weight excluding hydrogens is 399 g/mol. The highest BCUT2D eigenvalue weighted by Crippen LogP contribution is 2.42. The number of anilines is 1. The van der Waals surface area contributed by atoms with Crippen LogP contribution < -0.4 is 15.1 Å². The molecule has 0 aliphatic carbocycles. The maximum absolute atomic E-state index is 10.8. The quantitative estimate of drug-likeness (QED) is 0.578. The molecule has 152 valence electrons. The summed E-state index contributed by atoms with van der Waals surface area (Å²) in [5.74, 6) is 1.21. The van der Waals surface area contributed by atoms with Crippen molar-refractivity contribution in [2.45, 2.75) is 12.3 Å². The Balaban J connectivity index is 1.54. The fourth-order valence-electron chi connectivity index (χ4n) is 3.82. The van der Waals surface area contributed by atoms with Crippen molar-refractivity contribution in [1.82, 2.24) is 4.90 Å². The van der Waals surface area contributed by atoms with Gasteiger partial charge in [0.25, 0.3) is 0 Å². The van der Waals surface area contributed by atoms with Gasteiger partial charge in [-0.15, -0.1) is 11.8 Å². The zero-order valence-corrected chi connectivity index (χ0v) is 17.6. The zero-order valence-electron chi connectivity index (χ0n) is 15.9. The molecule has 1 aromatic rings. The summed E-state index contributed by atoms with van der Waals surface area (Å²) in [6.45, 7) is 4.82. The van der Waals surface area contributed by atoms with Gasteiger partial charge in [0, 0.05) is 0 Å². The van der Waals surface area contributed by atoms with E-state index in [9.17, 15) is 14.4 Å². The highest BCUT2D eigenvalue weighted by atomic mass is 32.2. The number of hydrogen-bond acceptors (Lipinski definition) is 8. The van der Waals surface area contributed by atoms with E-state index in [0.717, 1.165) is 30.3 Å². The third-order valence-corrected chi connectivity index (χ3v) is 7.06. The first kappa shape index (κ1) is 19.9. The van der Waals surface area contributed by atoms with Gasteiger partial charge in [0.2, 0.25) is 0 Å². The van der Waals surface area contributed by atoms with Gasteiger partial charge in [0.1, 0.15) is 5.84 Å². The van der Waals surface area contributed by atoms with E-state index in [-0.39, 0.29) is 18.0 Å². The second kappa shape index (κ2) is 7.48. The van der Waals surface area contributed by atoms with Crippen molar-refractivity contribution in [3.05, 3.63) is 35.2 Å². The van der Waals surface area contributed by atoms with Crippen molar-refractivity contribution in [3.63, 3.8) is 0 Å². The van der Waals surface area contributed by atoms with Crippen LogP contribution in [0, 0.1) is 5.92 Å². The van der Waals surface area contributed by atoms with E-state index in [1.165, 1.54) is 4.91 Å². The van der Waals surface area contributed by atoms with Gasteiger partial charge in [0.05, 0.1) is 63.7 Å². The lowest BCUT2D eigenvalue weighted by atomic mass is 10.1. The average Bonchev–Trinajstić information content (AvgIpc) is 2.92. The van der Waals surface area contributed by atoms with Crippen molar-refractivity contribution in [3.8, 4) is 0 Å². The Bertz CT molecular complexity index is 863. The Labute approximate surface area is 169 Å². The van der Waals surface area contributed by atoms with E-state index in [4.69, 9.17) is 4.99 Å². The number of piperazine rings is 1. The van der Waals surface area contributed by atoms with Gasteiger partial charge in [-0.1, -0.05) is 18.2 Å². The van der Waals surface area contributed by atoms with Crippen LogP contribution in [0.4, 0.5) is 11.4 Å². The van der Waals surface area contributed by atoms with Crippen LogP contribution in [0.5, 0.6) is 0 Å². The molecule has 8 nitrogen and oxygen atoms in total. The molecule has 0 radical (unpaired) electrons. The third-order valence-electron chi connectivity index (χ3n) is 5.46. The molecule has 28 heavy (non-hydrogen) atoms. The van der Waals surface area contributed by atoms with Crippen LogP contribution in [0.1, 0.15) is 6.92 Å². The number of phosphoric ester groups is 1. The molecule has 10 heteroatoms. The Morgan fingerprint density at radius 2 is 2.07 bits per heavy atom. The molecule has 0 aromatic heterocycles. The van der Waals surface area contributed by atoms with Crippen LogP contribution in [0.3, 0.4) is 0 Å². The smallest absolute Gasteiger partial charge is 0.187 e.